The molecule has 2 N–H and O–H groups in total. The molecule has 0 radical (unpaired) electrons. The van der Waals surface area contributed by atoms with Crippen molar-refractivity contribution in [3.05, 3.63) is 42.5 Å². The molecule has 1 unspecified atom stereocenters. The van der Waals surface area contributed by atoms with Gasteiger partial charge in [0, 0.05) is 30.7 Å². The van der Waals surface area contributed by atoms with Gasteiger partial charge in [0.2, 0.25) is 5.82 Å². The lowest BCUT2D eigenvalue weighted by Gasteiger charge is -2.15. The Morgan fingerprint density at radius 1 is 1.35 bits per heavy atom. The standard InChI is InChI=1S/C13H15N7/c1-9(13-14-6-7-20(13)2)15-11-5-3-4-10(8-11)12-16-18-19-17-12/h3-9,15H,1-2H3,(H,16,17,18,19). The second-order valence-electron chi connectivity index (χ2n) is 4.58. The molecule has 1 atom stereocenters. The van der Waals surface area contributed by atoms with Gasteiger partial charge in [0.1, 0.15) is 5.82 Å². The number of hydrogen-bond acceptors (Lipinski definition) is 5. The van der Waals surface area contributed by atoms with Gasteiger partial charge in [-0.1, -0.05) is 12.1 Å². The summed E-state index contributed by atoms with van der Waals surface area (Å²) >= 11 is 0. The number of nitrogens with one attached hydrogen (secondary N) is 2. The molecule has 0 saturated carbocycles. The largest absolute Gasteiger partial charge is 0.375 e. The van der Waals surface area contributed by atoms with Crippen molar-refractivity contribution in [2.45, 2.75) is 13.0 Å². The van der Waals surface area contributed by atoms with Gasteiger partial charge in [-0.25, -0.2) is 4.98 Å². The first-order valence-corrected chi connectivity index (χ1v) is 6.31. The lowest BCUT2D eigenvalue weighted by atomic mass is 10.2. The number of nitrogens with zero attached hydrogens (tertiary/aromatic N) is 5. The van der Waals surface area contributed by atoms with Crippen LogP contribution in [0.25, 0.3) is 11.4 Å². The highest BCUT2D eigenvalue weighted by molar-refractivity contribution is 5.62. The smallest absolute Gasteiger partial charge is 0.204 e. The topological polar surface area (TPSA) is 84.3 Å². The Hall–Kier alpha value is -2.70. The van der Waals surface area contributed by atoms with Crippen LogP contribution in [0.4, 0.5) is 5.69 Å². The summed E-state index contributed by atoms with van der Waals surface area (Å²) in [7, 11) is 1.98. The van der Waals surface area contributed by atoms with E-state index in [0.717, 1.165) is 17.1 Å². The summed E-state index contributed by atoms with van der Waals surface area (Å²) in [5.74, 6) is 1.56. The molecule has 20 heavy (non-hydrogen) atoms. The molecule has 0 aliphatic carbocycles. The molecule has 102 valence electrons. The van der Waals surface area contributed by atoms with Crippen LogP contribution in [0.1, 0.15) is 18.8 Å². The van der Waals surface area contributed by atoms with Gasteiger partial charge in [-0.05, 0) is 24.3 Å². The Labute approximate surface area is 116 Å². The van der Waals surface area contributed by atoms with Gasteiger partial charge in [-0.2, -0.15) is 5.21 Å². The molecule has 7 nitrogen and oxygen atoms in total. The summed E-state index contributed by atoms with van der Waals surface area (Å²) in [6.07, 6.45) is 3.73. The minimum Gasteiger partial charge on any atom is -0.375 e. The van der Waals surface area contributed by atoms with Crippen molar-refractivity contribution in [2.24, 2.45) is 7.05 Å². The van der Waals surface area contributed by atoms with Gasteiger partial charge in [0.25, 0.3) is 0 Å². The SMILES string of the molecule is CC(Nc1cccc(-c2nn[nH]n2)c1)c1nccn1C. The van der Waals surface area contributed by atoms with Crippen LogP contribution >= 0.6 is 0 Å². The maximum Gasteiger partial charge on any atom is 0.204 e. The Bertz CT molecular complexity index is 686. The average molecular weight is 269 g/mol. The van der Waals surface area contributed by atoms with Gasteiger partial charge >= 0.3 is 0 Å². The van der Waals surface area contributed by atoms with E-state index in [9.17, 15) is 0 Å². The first-order valence-electron chi connectivity index (χ1n) is 6.31. The number of aromatic nitrogens is 6. The molecule has 2 heterocycles. The Morgan fingerprint density at radius 2 is 2.25 bits per heavy atom. The maximum atomic E-state index is 4.34. The van der Waals surface area contributed by atoms with Crippen LogP contribution in [0.5, 0.6) is 0 Å². The fourth-order valence-electron chi connectivity index (χ4n) is 2.14. The third-order valence-corrected chi connectivity index (χ3v) is 3.10. The highest BCUT2D eigenvalue weighted by Crippen LogP contribution is 2.22. The zero-order chi connectivity index (χ0) is 13.9. The molecule has 0 bridgehead atoms. The molecular formula is C13H15N7. The molecule has 1 aromatic carbocycles. The molecule has 3 rings (SSSR count). The number of imidazole rings is 1. The zero-order valence-electron chi connectivity index (χ0n) is 11.3. The summed E-state index contributed by atoms with van der Waals surface area (Å²) in [4.78, 5) is 4.34. The van der Waals surface area contributed by atoms with E-state index in [2.05, 4.69) is 37.8 Å². The van der Waals surface area contributed by atoms with Crippen molar-refractivity contribution in [1.29, 1.82) is 0 Å². The second-order valence-corrected chi connectivity index (χ2v) is 4.58. The minimum atomic E-state index is 0.107. The molecule has 0 amide bonds. The van der Waals surface area contributed by atoms with Crippen molar-refractivity contribution >= 4 is 5.69 Å². The third-order valence-electron chi connectivity index (χ3n) is 3.10. The van der Waals surface area contributed by atoms with Crippen LogP contribution in [0.15, 0.2) is 36.7 Å². The predicted molar refractivity (Wildman–Crippen MR) is 74.9 cm³/mol. The highest BCUT2D eigenvalue weighted by atomic mass is 15.5. The van der Waals surface area contributed by atoms with E-state index in [4.69, 9.17) is 0 Å². The van der Waals surface area contributed by atoms with E-state index < -0.39 is 0 Å². The first kappa shape index (κ1) is 12.3. The Kier molecular flexibility index (Phi) is 3.16. The van der Waals surface area contributed by atoms with Gasteiger partial charge in [-0.15, -0.1) is 10.2 Å². The van der Waals surface area contributed by atoms with E-state index in [1.807, 2.05) is 42.1 Å². The van der Waals surface area contributed by atoms with Crippen molar-refractivity contribution in [3.63, 3.8) is 0 Å². The summed E-state index contributed by atoms with van der Waals surface area (Å²) in [5, 5.41) is 17.4. The number of anilines is 1. The number of aryl methyl sites for hydroxylation is 1. The van der Waals surface area contributed by atoms with E-state index in [1.54, 1.807) is 6.20 Å². The van der Waals surface area contributed by atoms with Crippen LogP contribution in [0.3, 0.4) is 0 Å². The number of hydrogen-bond donors (Lipinski definition) is 2. The molecule has 7 heteroatoms. The zero-order valence-corrected chi connectivity index (χ0v) is 11.3. The van der Waals surface area contributed by atoms with Gasteiger partial charge in [-0.3, -0.25) is 0 Å². The van der Waals surface area contributed by atoms with Crippen LogP contribution in [-0.2, 0) is 7.05 Å². The number of tetrazole rings is 1. The van der Waals surface area contributed by atoms with E-state index in [0.29, 0.717) is 5.82 Å². The number of aromatic amines is 1. The summed E-state index contributed by atoms with van der Waals surface area (Å²) in [5.41, 5.74) is 1.90. The normalized spacial score (nSPS) is 12.3. The van der Waals surface area contributed by atoms with Crippen molar-refractivity contribution in [3.8, 4) is 11.4 Å². The van der Waals surface area contributed by atoms with E-state index >= 15 is 0 Å². The average Bonchev–Trinajstić information content (AvgIpc) is 3.09. The van der Waals surface area contributed by atoms with Crippen molar-refractivity contribution in [2.75, 3.05) is 5.32 Å². The first-order chi connectivity index (χ1) is 9.74. The summed E-state index contributed by atoms with van der Waals surface area (Å²) in [6, 6.07) is 8.00. The molecular weight excluding hydrogens is 254 g/mol. The lowest BCUT2D eigenvalue weighted by molar-refractivity contribution is 0.722. The molecule has 3 aromatic rings. The molecule has 2 aromatic heterocycles. The fraction of sp³-hybridized carbons (Fsp3) is 0.231. The summed E-state index contributed by atoms with van der Waals surface area (Å²) in [6.45, 7) is 2.07. The molecule has 0 spiro atoms. The van der Waals surface area contributed by atoms with Crippen molar-refractivity contribution in [1.82, 2.24) is 30.2 Å². The van der Waals surface area contributed by atoms with Crippen LogP contribution in [0.2, 0.25) is 0 Å². The lowest BCUT2D eigenvalue weighted by Crippen LogP contribution is -2.11. The molecule has 0 aliphatic rings. The molecule has 0 fully saturated rings. The van der Waals surface area contributed by atoms with Gasteiger partial charge in [0.05, 0.1) is 6.04 Å². The Morgan fingerprint density at radius 3 is 2.95 bits per heavy atom. The van der Waals surface area contributed by atoms with Crippen molar-refractivity contribution < 1.29 is 0 Å². The van der Waals surface area contributed by atoms with Gasteiger partial charge in [0.15, 0.2) is 0 Å². The Balaban J connectivity index is 1.81. The maximum absolute atomic E-state index is 4.34. The monoisotopic (exact) mass is 269 g/mol. The predicted octanol–water partition coefficient (Wildman–Crippen LogP) is 1.77. The third kappa shape index (κ3) is 2.37. The molecule has 0 saturated heterocycles. The highest BCUT2D eigenvalue weighted by Gasteiger charge is 2.11. The van der Waals surface area contributed by atoms with E-state index in [-0.39, 0.29) is 6.04 Å². The quantitative estimate of drug-likeness (QED) is 0.754. The second kappa shape index (κ2) is 5.12. The molecule has 0 aliphatic heterocycles. The van der Waals surface area contributed by atoms with Crippen LogP contribution in [0, 0.1) is 0 Å². The summed E-state index contributed by atoms with van der Waals surface area (Å²) < 4.78 is 2.00. The number of rotatable bonds is 4. The van der Waals surface area contributed by atoms with E-state index in [1.165, 1.54) is 0 Å². The minimum absolute atomic E-state index is 0.107. The van der Waals surface area contributed by atoms with Crippen LogP contribution < -0.4 is 5.32 Å². The fourth-order valence-corrected chi connectivity index (χ4v) is 2.14. The number of benzene rings is 1. The van der Waals surface area contributed by atoms with Gasteiger partial charge < -0.3 is 9.88 Å². The van der Waals surface area contributed by atoms with Crippen LogP contribution in [-0.4, -0.2) is 30.2 Å². The number of H-pyrrole nitrogens is 1.